The molecule has 1 aliphatic heterocycles. The van der Waals surface area contributed by atoms with Crippen molar-refractivity contribution < 1.29 is 22.7 Å². The SMILES string of the molecule is COc1ccc([C@@H](CNS(C)(=O)=O)C(=O)N2CCOc3ccncc32)cc1. The topological polar surface area (TPSA) is 97.8 Å². The minimum Gasteiger partial charge on any atom is -0.497 e. The van der Waals surface area contributed by atoms with Gasteiger partial charge in [-0.3, -0.25) is 9.78 Å². The fraction of sp³-hybridized carbons (Fsp3) is 0.333. The number of carbonyl (C=O) groups excluding carboxylic acids is 1. The molecule has 1 atom stereocenters. The lowest BCUT2D eigenvalue weighted by molar-refractivity contribution is -0.120. The molecular weight excluding hydrogens is 370 g/mol. The second-order valence-corrected chi connectivity index (χ2v) is 7.96. The molecule has 2 aromatic rings. The minimum atomic E-state index is -3.45. The van der Waals surface area contributed by atoms with Gasteiger partial charge in [0.2, 0.25) is 15.9 Å². The predicted molar refractivity (Wildman–Crippen MR) is 101 cm³/mol. The van der Waals surface area contributed by atoms with Gasteiger partial charge in [0.15, 0.2) is 0 Å². The zero-order valence-electron chi connectivity index (χ0n) is 15.1. The van der Waals surface area contributed by atoms with Gasteiger partial charge < -0.3 is 14.4 Å². The van der Waals surface area contributed by atoms with Gasteiger partial charge in [0.05, 0.1) is 32.0 Å². The molecule has 0 aliphatic carbocycles. The number of sulfonamides is 1. The van der Waals surface area contributed by atoms with E-state index >= 15 is 0 Å². The third-order valence-corrected chi connectivity index (χ3v) is 4.95. The Hall–Kier alpha value is -2.65. The Balaban J connectivity index is 1.93. The number of rotatable bonds is 6. The predicted octanol–water partition coefficient (Wildman–Crippen LogP) is 1.15. The number of benzene rings is 1. The number of pyridine rings is 1. The average molecular weight is 391 g/mol. The highest BCUT2D eigenvalue weighted by Gasteiger charge is 2.31. The monoisotopic (exact) mass is 391 g/mol. The Morgan fingerprint density at radius 2 is 2.07 bits per heavy atom. The number of fused-ring (bicyclic) bond motifs is 1. The van der Waals surface area contributed by atoms with Crippen molar-refractivity contribution >= 4 is 21.6 Å². The van der Waals surface area contributed by atoms with E-state index < -0.39 is 15.9 Å². The van der Waals surface area contributed by atoms with E-state index in [4.69, 9.17) is 9.47 Å². The van der Waals surface area contributed by atoms with Gasteiger partial charge in [-0.2, -0.15) is 0 Å². The highest BCUT2D eigenvalue weighted by atomic mass is 32.2. The lowest BCUT2D eigenvalue weighted by Crippen LogP contribution is -2.44. The van der Waals surface area contributed by atoms with Crippen LogP contribution in [0.4, 0.5) is 5.69 Å². The summed E-state index contributed by atoms with van der Waals surface area (Å²) in [5, 5.41) is 0. The maximum Gasteiger partial charge on any atom is 0.236 e. The van der Waals surface area contributed by atoms with E-state index in [9.17, 15) is 13.2 Å². The van der Waals surface area contributed by atoms with Crippen LogP contribution in [0.1, 0.15) is 11.5 Å². The fourth-order valence-electron chi connectivity index (χ4n) is 2.90. The van der Waals surface area contributed by atoms with Crippen LogP contribution < -0.4 is 19.1 Å². The van der Waals surface area contributed by atoms with E-state index in [1.807, 2.05) is 0 Å². The summed E-state index contributed by atoms with van der Waals surface area (Å²) in [5.74, 6) is 0.307. The Morgan fingerprint density at radius 3 is 2.74 bits per heavy atom. The molecule has 2 heterocycles. The number of methoxy groups -OCH3 is 1. The third-order valence-electron chi connectivity index (χ3n) is 4.26. The number of nitrogens with one attached hydrogen (secondary N) is 1. The first kappa shape index (κ1) is 19.1. The number of anilines is 1. The summed E-state index contributed by atoms with van der Waals surface area (Å²) in [7, 11) is -1.89. The molecule has 0 spiro atoms. The van der Waals surface area contributed by atoms with Crippen LogP contribution in [0, 0.1) is 0 Å². The molecule has 27 heavy (non-hydrogen) atoms. The highest BCUT2D eigenvalue weighted by Crippen LogP contribution is 2.33. The molecule has 8 nitrogen and oxygen atoms in total. The second kappa shape index (κ2) is 7.93. The van der Waals surface area contributed by atoms with Gasteiger partial charge in [0.25, 0.3) is 0 Å². The summed E-state index contributed by atoms with van der Waals surface area (Å²) < 4.78 is 36.3. The molecule has 1 amide bonds. The van der Waals surface area contributed by atoms with Crippen molar-refractivity contribution in [2.75, 3.05) is 38.0 Å². The largest absolute Gasteiger partial charge is 0.497 e. The Morgan fingerprint density at radius 1 is 1.33 bits per heavy atom. The van der Waals surface area contributed by atoms with Crippen molar-refractivity contribution in [3.8, 4) is 11.5 Å². The summed E-state index contributed by atoms with van der Waals surface area (Å²) >= 11 is 0. The summed E-state index contributed by atoms with van der Waals surface area (Å²) in [4.78, 5) is 19.0. The van der Waals surface area contributed by atoms with Crippen LogP contribution in [-0.4, -0.2) is 52.4 Å². The minimum absolute atomic E-state index is 0.0447. The smallest absolute Gasteiger partial charge is 0.236 e. The van der Waals surface area contributed by atoms with Gasteiger partial charge in [-0.15, -0.1) is 0 Å². The molecule has 0 saturated carbocycles. The number of ether oxygens (including phenoxy) is 2. The van der Waals surface area contributed by atoms with E-state index in [1.54, 1.807) is 54.7 Å². The number of carbonyl (C=O) groups is 1. The van der Waals surface area contributed by atoms with Crippen molar-refractivity contribution in [2.24, 2.45) is 0 Å². The van der Waals surface area contributed by atoms with Crippen molar-refractivity contribution in [2.45, 2.75) is 5.92 Å². The Kier molecular flexibility index (Phi) is 5.62. The highest BCUT2D eigenvalue weighted by molar-refractivity contribution is 7.88. The van der Waals surface area contributed by atoms with Crippen molar-refractivity contribution in [3.63, 3.8) is 0 Å². The molecule has 0 bridgehead atoms. The van der Waals surface area contributed by atoms with Crippen molar-refractivity contribution in [1.29, 1.82) is 0 Å². The van der Waals surface area contributed by atoms with E-state index in [1.165, 1.54) is 0 Å². The fourth-order valence-corrected chi connectivity index (χ4v) is 3.37. The average Bonchev–Trinajstić information content (AvgIpc) is 2.67. The maximum absolute atomic E-state index is 13.3. The van der Waals surface area contributed by atoms with Gasteiger partial charge >= 0.3 is 0 Å². The number of aromatic nitrogens is 1. The molecule has 1 aromatic carbocycles. The molecule has 9 heteroatoms. The number of hydrogen-bond donors (Lipinski definition) is 1. The quantitative estimate of drug-likeness (QED) is 0.793. The van der Waals surface area contributed by atoms with Gasteiger partial charge in [0, 0.05) is 18.8 Å². The van der Waals surface area contributed by atoms with E-state index in [-0.39, 0.29) is 12.5 Å². The molecular formula is C18H21N3O5S. The van der Waals surface area contributed by atoms with Gasteiger partial charge in [-0.25, -0.2) is 13.1 Å². The molecule has 144 valence electrons. The molecule has 1 aliphatic rings. The molecule has 1 aromatic heterocycles. The normalized spacial score (nSPS) is 14.8. The van der Waals surface area contributed by atoms with E-state index in [0.29, 0.717) is 35.9 Å². The lowest BCUT2D eigenvalue weighted by atomic mass is 9.97. The van der Waals surface area contributed by atoms with Crippen molar-refractivity contribution in [3.05, 3.63) is 48.3 Å². The van der Waals surface area contributed by atoms with E-state index in [0.717, 1.165) is 6.26 Å². The summed E-state index contributed by atoms with van der Waals surface area (Å²) in [6.07, 6.45) is 4.23. The van der Waals surface area contributed by atoms with Crippen LogP contribution in [0.15, 0.2) is 42.7 Å². The van der Waals surface area contributed by atoms with E-state index in [2.05, 4.69) is 9.71 Å². The molecule has 0 unspecified atom stereocenters. The molecule has 0 radical (unpaired) electrons. The Bertz CT molecular complexity index is 915. The first-order valence-electron chi connectivity index (χ1n) is 8.36. The van der Waals surface area contributed by atoms with Gasteiger partial charge in [-0.1, -0.05) is 12.1 Å². The molecule has 0 saturated heterocycles. The molecule has 3 rings (SSSR count). The van der Waals surface area contributed by atoms with Crippen LogP contribution in [-0.2, 0) is 14.8 Å². The molecule has 1 N–H and O–H groups in total. The summed E-state index contributed by atoms with van der Waals surface area (Å²) in [6.45, 7) is 0.678. The number of amides is 1. The van der Waals surface area contributed by atoms with Crippen LogP contribution in [0.3, 0.4) is 0 Å². The first-order chi connectivity index (χ1) is 12.9. The van der Waals surface area contributed by atoms with Crippen LogP contribution in [0.25, 0.3) is 0 Å². The van der Waals surface area contributed by atoms with Crippen LogP contribution in [0.5, 0.6) is 11.5 Å². The Labute approximate surface area is 158 Å². The van der Waals surface area contributed by atoms with Gasteiger partial charge in [-0.05, 0) is 17.7 Å². The van der Waals surface area contributed by atoms with Gasteiger partial charge in [0.1, 0.15) is 23.8 Å². The maximum atomic E-state index is 13.3. The number of nitrogens with zero attached hydrogens (tertiary/aromatic N) is 2. The molecule has 0 fully saturated rings. The summed E-state index contributed by atoms with van der Waals surface area (Å²) in [5.41, 5.74) is 1.26. The van der Waals surface area contributed by atoms with Crippen LogP contribution >= 0.6 is 0 Å². The second-order valence-electron chi connectivity index (χ2n) is 6.13. The zero-order chi connectivity index (χ0) is 19.4. The first-order valence-corrected chi connectivity index (χ1v) is 10.2. The summed E-state index contributed by atoms with van der Waals surface area (Å²) in [6, 6.07) is 8.70. The third kappa shape index (κ3) is 4.55. The standard InChI is InChI=1S/C18H21N3O5S/c1-25-14-5-3-13(4-6-14)15(11-20-27(2,23)24)18(22)21-9-10-26-17-7-8-19-12-16(17)21/h3-8,12,15,20H,9-11H2,1-2H3/t15-/m1/s1. The van der Waals surface area contributed by atoms with Crippen molar-refractivity contribution in [1.82, 2.24) is 9.71 Å². The van der Waals surface area contributed by atoms with Crippen LogP contribution in [0.2, 0.25) is 0 Å². The number of hydrogen-bond acceptors (Lipinski definition) is 6. The lowest BCUT2D eigenvalue weighted by Gasteiger charge is -2.32. The zero-order valence-corrected chi connectivity index (χ0v) is 15.9.